The van der Waals surface area contributed by atoms with Crippen molar-refractivity contribution in [2.24, 2.45) is 0 Å². The second kappa shape index (κ2) is 6.83. The van der Waals surface area contributed by atoms with Crippen molar-refractivity contribution >= 4 is 23.0 Å². The second-order valence-electron chi connectivity index (χ2n) is 6.03. The van der Waals surface area contributed by atoms with Crippen LogP contribution in [0.5, 0.6) is 11.5 Å². The number of hydrogen-bond donors (Lipinski definition) is 5. The summed E-state index contributed by atoms with van der Waals surface area (Å²) in [4.78, 5) is 35.0. The van der Waals surface area contributed by atoms with Gasteiger partial charge < -0.3 is 26.0 Å². The number of phenols is 2. The molecule has 0 unspecified atom stereocenters. The first-order valence-electron chi connectivity index (χ1n) is 8.00. The fourth-order valence-corrected chi connectivity index (χ4v) is 2.67. The Balaban J connectivity index is 1.86. The van der Waals surface area contributed by atoms with Crippen LogP contribution in [0.25, 0.3) is 0 Å². The quantitative estimate of drug-likeness (QED) is 0.330. The predicted octanol–water partition coefficient (Wildman–Crippen LogP) is 2.31. The molecule has 0 spiro atoms. The Kier molecular flexibility index (Phi) is 4.55. The molecule has 1 atom stereocenters. The number of aromatic carboxylic acids is 1. The molecule has 0 aliphatic heterocycles. The molecule has 0 bridgehead atoms. The number of benzene rings is 2. The van der Waals surface area contributed by atoms with E-state index in [1.165, 1.54) is 24.3 Å². The maximum absolute atomic E-state index is 11.9. The minimum Gasteiger partial charge on any atom is -0.508 e. The summed E-state index contributed by atoms with van der Waals surface area (Å²) in [7, 11) is 0. The van der Waals surface area contributed by atoms with Gasteiger partial charge in [-0.15, -0.1) is 0 Å². The van der Waals surface area contributed by atoms with Crippen LogP contribution in [-0.2, 0) is 0 Å². The third-order valence-corrected chi connectivity index (χ3v) is 4.14. The van der Waals surface area contributed by atoms with Crippen molar-refractivity contribution in [1.82, 2.24) is 0 Å². The fraction of sp³-hybridized carbons (Fsp3) is 0.105. The Bertz CT molecular complexity index is 1100. The Hall–Kier alpha value is -3.81. The van der Waals surface area contributed by atoms with Gasteiger partial charge in [0.2, 0.25) is 0 Å². The van der Waals surface area contributed by atoms with E-state index in [0.29, 0.717) is 5.56 Å². The zero-order valence-electron chi connectivity index (χ0n) is 14.2. The molecule has 3 rings (SSSR count). The highest BCUT2D eigenvalue weighted by Gasteiger charge is 2.23. The van der Waals surface area contributed by atoms with Gasteiger partial charge in [-0.25, -0.2) is 4.79 Å². The van der Waals surface area contributed by atoms with Crippen molar-refractivity contribution in [3.05, 3.63) is 74.0 Å². The molecule has 27 heavy (non-hydrogen) atoms. The summed E-state index contributed by atoms with van der Waals surface area (Å²) in [5, 5.41) is 33.8. The molecule has 0 aliphatic rings. The number of carboxylic acids is 1. The predicted molar refractivity (Wildman–Crippen MR) is 99.8 cm³/mol. The van der Waals surface area contributed by atoms with Crippen LogP contribution in [0, 0.1) is 0 Å². The molecule has 0 saturated heterocycles. The smallest absolute Gasteiger partial charge is 0.339 e. The number of nitrogens with one attached hydrogen (secondary N) is 2. The van der Waals surface area contributed by atoms with Gasteiger partial charge in [0.1, 0.15) is 28.4 Å². The summed E-state index contributed by atoms with van der Waals surface area (Å²) >= 11 is 0. The van der Waals surface area contributed by atoms with Crippen LogP contribution >= 0.6 is 0 Å². The van der Waals surface area contributed by atoms with E-state index < -0.39 is 22.6 Å². The maximum atomic E-state index is 11.9. The first-order valence-corrected chi connectivity index (χ1v) is 8.00. The van der Waals surface area contributed by atoms with Crippen molar-refractivity contribution < 1.29 is 20.1 Å². The molecule has 0 radical (unpaired) electrons. The van der Waals surface area contributed by atoms with Gasteiger partial charge in [0.05, 0.1) is 0 Å². The standard InChI is InChI=1S/C19H16N2O6/c1-9(10-3-2-4-12(22)7-10)20-15-16(18(25)17(15)24)21-11-5-6-14(23)13(8-11)19(26)27/h2-9,20-23H,1H3,(H,26,27)/t9-/m1/s1. The molecular weight excluding hydrogens is 352 g/mol. The molecule has 8 heteroatoms. The van der Waals surface area contributed by atoms with Gasteiger partial charge in [-0.1, -0.05) is 12.1 Å². The first kappa shape index (κ1) is 18.0. The van der Waals surface area contributed by atoms with Gasteiger partial charge in [-0.3, -0.25) is 9.59 Å². The Morgan fingerprint density at radius 2 is 1.70 bits per heavy atom. The van der Waals surface area contributed by atoms with Crippen molar-refractivity contribution in [3.63, 3.8) is 0 Å². The van der Waals surface area contributed by atoms with Gasteiger partial charge in [-0.05, 0) is 42.8 Å². The van der Waals surface area contributed by atoms with Crippen molar-refractivity contribution in [1.29, 1.82) is 0 Å². The van der Waals surface area contributed by atoms with E-state index in [0.717, 1.165) is 6.07 Å². The van der Waals surface area contributed by atoms with Crippen LogP contribution in [0.3, 0.4) is 0 Å². The van der Waals surface area contributed by atoms with Crippen LogP contribution in [0.15, 0.2) is 52.1 Å². The summed E-state index contributed by atoms with van der Waals surface area (Å²) in [5.41, 5.74) is -0.722. The second-order valence-corrected chi connectivity index (χ2v) is 6.03. The Morgan fingerprint density at radius 1 is 1.00 bits per heavy atom. The lowest BCUT2D eigenvalue weighted by Gasteiger charge is -2.20. The zero-order valence-corrected chi connectivity index (χ0v) is 14.2. The largest absolute Gasteiger partial charge is 0.508 e. The zero-order chi connectivity index (χ0) is 19.7. The summed E-state index contributed by atoms with van der Waals surface area (Å²) in [6, 6.07) is 9.84. The lowest BCUT2D eigenvalue weighted by atomic mass is 10.1. The molecule has 0 aromatic heterocycles. The molecular formula is C19H16N2O6. The number of carboxylic acid groups (broad SMARTS) is 1. The summed E-state index contributed by atoms with van der Waals surface area (Å²) in [5.74, 6) is -1.65. The van der Waals surface area contributed by atoms with Gasteiger partial charge >= 0.3 is 5.97 Å². The topological polar surface area (TPSA) is 136 Å². The van der Waals surface area contributed by atoms with Gasteiger partial charge in [-0.2, -0.15) is 0 Å². The first-order chi connectivity index (χ1) is 12.8. The van der Waals surface area contributed by atoms with Gasteiger partial charge in [0.15, 0.2) is 0 Å². The number of carbonyl (C=O) groups is 1. The third kappa shape index (κ3) is 3.45. The molecule has 3 aromatic carbocycles. The number of rotatable bonds is 6. The van der Waals surface area contributed by atoms with Crippen molar-refractivity contribution in [2.75, 3.05) is 10.6 Å². The highest BCUT2D eigenvalue weighted by Crippen LogP contribution is 2.28. The van der Waals surface area contributed by atoms with Crippen LogP contribution in [0.1, 0.15) is 28.9 Å². The highest BCUT2D eigenvalue weighted by atomic mass is 16.4. The minimum absolute atomic E-state index is 0.00836. The SMILES string of the molecule is C[C@@H](Nc1c(Nc2ccc(O)c(C(=O)O)c2)c(=O)c1=O)c1cccc(O)c1. The average molecular weight is 368 g/mol. The summed E-state index contributed by atoms with van der Waals surface area (Å²) < 4.78 is 0. The molecule has 0 heterocycles. The van der Waals surface area contributed by atoms with Crippen LogP contribution in [0.4, 0.5) is 17.1 Å². The summed E-state index contributed by atoms with van der Waals surface area (Å²) in [6.07, 6.45) is 0. The molecule has 0 amide bonds. The normalized spacial score (nSPS) is 11.9. The Morgan fingerprint density at radius 3 is 2.37 bits per heavy atom. The molecule has 0 saturated carbocycles. The number of anilines is 3. The highest BCUT2D eigenvalue weighted by molar-refractivity contribution is 5.92. The van der Waals surface area contributed by atoms with E-state index in [1.807, 2.05) is 0 Å². The number of hydrogen-bond acceptors (Lipinski definition) is 7. The maximum Gasteiger partial charge on any atom is 0.339 e. The van der Waals surface area contributed by atoms with Crippen molar-refractivity contribution in [2.45, 2.75) is 13.0 Å². The monoisotopic (exact) mass is 368 g/mol. The average Bonchev–Trinajstić information content (AvgIpc) is 2.65. The molecule has 0 fully saturated rings. The van der Waals surface area contributed by atoms with Crippen LogP contribution in [-0.4, -0.2) is 21.3 Å². The Labute approximate surface area is 153 Å². The summed E-state index contributed by atoms with van der Waals surface area (Å²) in [6.45, 7) is 1.76. The van der Waals surface area contributed by atoms with E-state index in [9.17, 15) is 24.6 Å². The van der Waals surface area contributed by atoms with E-state index in [2.05, 4.69) is 10.6 Å². The van der Waals surface area contributed by atoms with Crippen LogP contribution < -0.4 is 21.5 Å². The van der Waals surface area contributed by atoms with Gasteiger partial charge in [0, 0.05) is 11.7 Å². The van der Waals surface area contributed by atoms with Crippen molar-refractivity contribution in [3.8, 4) is 11.5 Å². The fourth-order valence-electron chi connectivity index (χ4n) is 2.67. The number of phenolic OH excluding ortho intramolecular Hbond substituents is 1. The molecule has 5 N–H and O–H groups in total. The van der Waals surface area contributed by atoms with Crippen LogP contribution in [0.2, 0.25) is 0 Å². The van der Waals surface area contributed by atoms with E-state index in [4.69, 9.17) is 5.11 Å². The minimum atomic E-state index is -1.32. The lowest BCUT2D eigenvalue weighted by Crippen LogP contribution is -2.37. The number of aromatic hydroxyl groups is 2. The van der Waals surface area contributed by atoms with E-state index >= 15 is 0 Å². The third-order valence-electron chi connectivity index (χ3n) is 4.14. The van der Waals surface area contributed by atoms with E-state index in [1.54, 1.807) is 19.1 Å². The molecule has 8 nitrogen and oxygen atoms in total. The van der Waals surface area contributed by atoms with E-state index in [-0.39, 0.29) is 34.4 Å². The van der Waals surface area contributed by atoms with Gasteiger partial charge in [0.25, 0.3) is 10.9 Å². The molecule has 138 valence electrons. The molecule has 3 aromatic rings. The molecule has 0 aliphatic carbocycles. The lowest BCUT2D eigenvalue weighted by molar-refractivity contribution is 0.0694.